The van der Waals surface area contributed by atoms with Gasteiger partial charge in [-0.15, -0.1) is 0 Å². The zero-order chi connectivity index (χ0) is 15.9. The Labute approximate surface area is 145 Å². The van der Waals surface area contributed by atoms with E-state index in [1.807, 2.05) is 11.8 Å². The van der Waals surface area contributed by atoms with Gasteiger partial charge in [-0.1, -0.05) is 72.4 Å². The van der Waals surface area contributed by atoms with Crippen molar-refractivity contribution in [3.63, 3.8) is 0 Å². The molecule has 4 aromatic rings. The second-order valence-electron chi connectivity index (χ2n) is 5.96. The van der Waals surface area contributed by atoms with E-state index >= 15 is 0 Å². The van der Waals surface area contributed by atoms with E-state index in [1.165, 1.54) is 43.1 Å². The van der Waals surface area contributed by atoms with Crippen LogP contribution >= 0.6 is 11.8 Å². The molecular weight excluding hydrogens is 310 g/mol. The van der Waals surface area contributed by atoms with Crippen LogP contribution in [0.2, 0.25) is 0 Å². The molecule has 0 saturated carbocycles. The highest BCUT2D eigenvalue weighted by Crippen LogP contribution is 2.45. The van der Waals surface area contributed by atoms with Gasteiger partial charge in [-0.3, -0.25) is 0 Å². The first-order valence-corrected chi connectivity index (χ1v) is 8.86. The fourth-order valence-corrected chi connectivity index (χ4v) is 4.25. The Balaban J connectivity index is 1.64. The van der Waals surface area contributed by atoms with E-state index in [2.05, 4.69) is 90.2 Å². The molecule has 0 bridgehead atoms. The number of nitrogens with one attached hydrogen (secondary N) is 1. The Morgan fingerprint density at radius 1 is 0.625 bits per heavy atom. The fourth-order valence-electron chi connectivity index (χ4n) is 3.28. The molecule has 1 aliphatic heterocycles. The molecule has 1 heterocycles. The standard InChI is InChI=1S/C22H15NS/c1-2-8-17-15(6-1)7-5-9-18(17)16-12-13-22-20(14-16)23-19-10-3-4-11-21(19)24-22/h1-14,23H. The molecule has 0 aromatic heterocycles. The first-order chi connectivity index (χ1) is 11.9. The number of para-hydroxylation sites is 1. The maximum Gasteiger partial charge on any atom is 0.0532 e. The minimum Gasteiger partial charge on any atom is -0.354 e. The summed E-state index contributed by atoms with van der Waals surface area (Å²) < 4.78 is 0. The van der Waals surface area contributed by atoms with Gasteiger partial charge in [-0.05, 0) is 46.2 Å². The molecule has 1 nitrogen and oxygen atoms in total. The molecule has 4 aromatic carbocycles. The second-order valence-corrected chi connectivity index (χ2v) is 7.04. The molecule has 5 rings (SSSR count). The summed E-state index contributed by atoms with van der Waals surface area (Å²) in [5.41, 5.74) is 4.90. The number of hydrogen-bond donors (Lipinski definition) is 1. The van der Waals surface area contributed by atoms with Gasteiger partial charge in [0.15, 0.2) is 0 Å². The summed E-state index contributed by atoms with van der Waals surface area (Å²) in [6.07, 6.45) is 0. The average Bonchev–Trinajstić information content (AvgIpc) is 2.65. The van der Waals surface area contributed by atoms with Crippen molar-refractivity contribution in [2.75, 3.05) is 5.32 Å². The van der Waals surface area contributed by atoms with Gasteiger partial charge in [0.1, 0.15) is 0 Å². The molecular formula is C22H15NS. The third kappa shape index (κ3) is 2.19. The summed E-state index contributed by atoms with van der Waals surface area (Å²) in [6.45, 7) is 0. The zero-order valence-corrected chi connectivity index (χ0v) is 13.8. The highest BCUT2D eigenvalue weighted by molar-refractivity contribution is 7.99. The molecule has 114 valence electrons. The lowest BCUT2D eigenvalue weighted by molar-refractivity contribution is 1.32. The van der Waals surface area contributed by atoms with Gasteiger partial charge < -0.3 is 5.32 Å². The van der Waals surface area contributed by atoms with E-state index in [-0.39, 0.29) is 0 Å². The van der Waals surface area contributed by atoms with Gasteiger partial charge in [0, 0.05) is 9.79 Å². The van der Waals surface area contributed by atoms with E-state index in [0.717, 1.165) is 0 Å². The van der Waals surface area contributed by atoms with E-state index < -0.39 is 0 Å². The Hall–Kier alpha value is -2.71. The molecule has 0 spiro atoms. The molecule has 0 fully saturated rings. The SMILES string of the molecule is c1ccc2c(c1)Nc1cc(-c3cccc4ccccc34)ccc1S2. The van der Waals surface area contributed by atoms with Crippen molar-refractivity contribution in [1.82, 2.24) is 0 Å². The van der Waals surface area contributed by atoms with E-state index in [0.29, 0.717) is 0 Å². The third-order valence-corrected chi connectivity index (χ3v) is 5.61. The van der Waals surface area contributed by atoms with Crippen molar-refractivity contribution < 1.29 is 0 Å². The molecule has 0 aliphatic carbocycles. The number of benzene rings is 4. The van der Waals surface area contributed by atoms with Gasteiger partial charge in [0.25, 0.3) is 0 Å². The van der Waals surface area contributed by atoms with Crippen LogP contribution in [0.3, 0.4) is 0 Å². The normalized spacial score (nSPS) is 12.3. The highest BCUT2D eigenvalue weighted by Gasteiger charge is 2.16. The highest BCUT2D eigenvalue weighted by atomic mass is 32.2. The molecule has 0 atom stereocenters. The Morgan fingerprint density at radius 2 is 1.42 bits per heavy atom. The quantitative estimate of drug-likeness (QED) is 0.367. The summed E-state index contributed by atoms with van der Waals surface area (Å²) >= 11 is 1.83. The Morgan fingerprint density at radius 3 is 2.42 bits per heavy atom. The average molecular weight is 325 g/mol. The number of anilines is 2. The molecule has 1 aliphatic rings. The lowest BCUT2D eigenvalue weighted by Gasteiger charge is -2.21. The molecule has 1 N–H and O–H groups in total. The molecule has 24 heavy (non-hydrogen) atoms. The molecule has 2 heteroatoms. The summed E-state index contributed by atoms with van der Waals surface area (Å²) in [7, 11) is 0. The smallest absolute Gasteiger partial charge is 0.0532 e. The first-order valence-electron chi connectivity index (χ1n) is 8.04. The molecule has 0 saturated heterocycles. The van der Waals surface area contributed by atoms with Crippen molar-refractivity contribution >= 4 is 33.9 Å². The van der Waals surface area contributed by atoms with Crippen molar-refractivity contribution in [2.45, 2.75) is 9.79 Å². The topological polar surface area (TPSA) is 12.0 Å². The third-order valence-electron chi connectivity index (χ3n) is 4.46. The Bertz CT molecular complexity index is 1060. The van der Waals surface area contributed by atoms with Gasteiger partial charge >= 0.3 is 0 Å². The van der Waals surface area contributed by atoms with E-state index in [4.69, 9.17) is 0 Å². The van der Waals surface area contributed by atoms with Crippen molar-refractivity contribution in [3.05, 3.63) is 84.9 Å². The van der Waals surface area contributed by atoms with Gasteiger partial charge in [0.05, 0.1) is 11.4 Å². The largest absolute Gasteiger partial charge is 0.354 e. The van der Waals surface area contributed by atoms with Crippen LogP contribution in [0.15, 0.2) is 94.7 Å². The minimum absolute atomic E-state index is 1.18. The molecule has 0 amide bonds. The predicted molar refractivity (Wildman–Crippen MR) is 103 cm³/mol. The van der Waals surface area contributed by atoms with Crippen LogP contribution in [-0.4, -0.2) is 0 Å². The van der Waals surface area contributed by atoms with Gasteiger partial charge in [-0.25, -0.2) is 0 Å². The zero-order valence-electron chi connectivity index (χ0n) is 13.0. The fraction of sp³-hybridized carbons (Fsp3) is 0. The van der Waals surface area contributed by atoms with Crippen LogP contribution in [-0.2, 0) is 0 Å². The Kier molecular flexibility index (Phi) is 3.10. The van der Waals surface area contributed by atoms with Crippen molar-refractivity contribution in [3.8, 4) is 11.1 Å². The van der Waals surface area contributed by atoms with Gasteiger partial charge in [0.2, 0.25) is 0 Å². The van der Waals surface area contributed by atoms with E-state index in [9.17, 15) is 0 Å². The maximum absolute atomic E-state index is 3.58. The van der Waals surface area contributed by atoms with Crippen molar-refractivity contribution in [2.24, 2.45) is 0 Å². The van der Waals surface area contributed by atoms with E-state index in [1.54, 1.807) is 0 Å². The van der Waals surface area contributed by atoms with Crippen LogP contribution < -0.4 is 5.32 Å². The van der Waals surface area contributed by atoms with Crippen molar-refractivity contribution in [1.29, 1.82) is 0 Å². The van der Waals surface area contributed by atoms with Crippen LogP contribution in [0.1, 0.15) is 0 Å². The monoisotopic (exact) mass is 325 g/mol. The van der Waals surface area contributed by atoms with Crippen LogP contribution in [0.5, 0.6) is 0 Å². The first kappa shape index (κ1) is 13.7. The lowest BCUT2D eigenvalue weighted by Crippen LogP contribution is -1.99. The summed E-state index contributed by atoms with van der Waals surface area (Å²) in [4.78, 5) is 2.56. The molecule has 0 unspecified atom stereocenters. The lowest BCUT2D eigenvalue weighted by atomic mass is 9.98. The maximum atomic E-state index is 3.58. The van der Waals surface area contributed by atoms with Gasteiger partial charge in [-0.2, -0.15) is 0 Å². The number of rotatable bonds is 1. The second kappa shape index (κ2) is 5.43. The summed E-state index contributed by atoms with van der Waals surface area (Å²) in [5.74, 6) is 0. The summed E-state index contributed by atoms with van der Waals surface area (Å²) in [5, 5.41) is 6.15. The number of hydrogen-bond acceptors (Lipinski definition) is 2. The predicted octanol–water partition coefficient (Wildman–Crippen LogP) is 6.72. The number of fused-ring (bicyclic) bond motifs is 3. The van der Waals surface area contributed by atoms with Crippen LogP contribution in [0.25, 0.3) is 21.9 Å². The van der Waals surface area contributed by atoms with Crippen LogP contribution in [0.4, 0.5) is 11.4 Å². The minimum atomic E-state index is 1.18. The summed E-state index contributed by atoms with van der Waals surface area (Å²) in [6, 6.07) is 30.2. The van der Waals surface area contributed by atoms with Crippen LogP contribution in [0, 0.1) is 0 Å². The molecule has 0 radical (unpaired) electrons.